The predicted molar refractivity (Wildman–Crippen MR) is 196 cm³/mol. The Kier molecular flexibility index (Phi) is 9.55. The normalized spacial score (nSPS) is 45.4. The molecule has 282 valence electrons. The van der Waals surface area contributed by atoms with Crippen molar-refractivity contribution in [1.82, 2.24) is 4.90 Å². The average Bonchev–Trinajstić information content (AvgIpc) is 3.38. The zero-order valence-corrected chi connectivity index (χ0v) is 33.2. The van der Waals surface area contributed by atoms with Gasteiger partial charge in [0.1, 0.15) is 6.10 Å². The molecule has 6 aliphatic rings. The number of rotatable bonds is 7. The number of aliphatic carboxylic acids is 1. The van der Waals surface area contributed by atoms with Crippen LogP contribution in [-0.4, -0.2) is 59.3 Å². The van der Waals surface area contributed by atoms with E-state index >= 15 is 0 Å². The summed E-state index contributed by atoms with van der Waals surface area (Å²) in [5.41, 5.74) is 0.617. The highest BCUT2D eigenvalue weighted by atomic mass is 16.5. The molecule has 1 aliphatic heterocycles. The van der Waals surface area contributed by atoms with Crippen LogP contribution in [0.15, 0.2) is 12.2 Å². The second-order valence-electron chi connectivity index (χ2n) is 20.6. The first-order valence-electron chi connectivity index (χ1n) is 20.1. The molecule has 12 atom stereocenters. The largest absolute Gasteiger partial charge is 0.481 e. The first-order chi connectivity index (χ1) is 23.1. The molecule has 1 saturated heterocycles. The minimum atomic E-state index is -0.884. The SMILES string of the molecule is C=C(C)[C@@H]1CC[C@]2(C(=O)N3CC(C)OC(C)C3)CC[C@]3(C)[C@H](CC[C@@H]4[C@@]5(C)CC[C@H](OC(=O)CC(C)(C)CC(=O)O)C(C)(C)[C@@H]5CC[C@]43C)[C@@H]12. The van der Waals surface area contributed by atoms with E-state index in [1.807, 2.05) is 13.8 Å². The lowest BCUT2D eigenvalue weighted by Crippen LogP contribution is -2.68. The molecule has 50 heavy (non-hydrogen) atoms. The molecule has 0 aromatic carbocycles. The Balaban J connectivity index is 1.26. The summed E-state index contributed by atoms with van der Waals surface area (Å²) in [6.45, 7) is 28.5. The zero-order valence-electron chi connectivity index (χ0n) is 33.2. The van der Waals surface area contributed by atoms with Gasteiger partial charge in [0.05, 0.1) is 30.5 Å². The Labute approximate surface area is 303 Å². The second-order valence-corrected chi connectivity index (χ2v) is 20.6. The van der Waals surface area contributed by atoms with Crippen LogP contribution in [0.4, 0.5) is 0 Å². The number of carbonyl (C=O) groups excluding carboxylic acids is 2. The first kappa shape index (κ1) is 37.9. The molecule has 5 aliphatic carbocycles. The van der Waals surface area contributed by atoms with Gasteiger partial charge in [-0.05, 0) is 136 Å². The van der Waals surface area contributed by atoms with Gasteiger partial charge in [-0.1, -0.05) is 60.6 Å². The molecule has 0 spiro atoms. The van der Waals surface area contributed by atoms with Gasteiger partial charge in [0.25, 0.3) is 0 Å². The van der Waals surface area contributed by atoms with Crippen LogP contribution in [0.5, 0.6) is 0 Å². The Morgan fingerprint density at radius 2 is 1.50 bits per heavy atom. The number of hydrogen-bond acceptors (Lipinski definition) is 5. The third-order valence-electron chi connectivity index (χ3n) is 16.7. The number of allylic oxidation sites excluding steroid dienone is 1. The van der Waals surface area contributed by atoms with Crippen LogP contribution in [0, 0.1) is 62.1 Å². The van der Waals surface area contributed by atoms with Gasteiger partial charge in [-0.25, -0.2) is 0 Å². The van der Waals surface area contributed by atoms with Gasteiger partial charge < -0.3 is 19.5 Å². The summed E-state index contributed by atoms with van der Waals surface area (Å²) in [6, 6.07) is 0. The van der Waals surface area contributed by atoms with E-state index in [1.54, 1.807) is 0 Å². The van der Waals surface area contributed by atoms with Crippen LogP contribution in [0.1, 0.15) is 146 Å². The molecule has 7 nitrogen and oxygen atoms in total. The summed E-state index contributed by atoms with van der Waals surface area (Å²) in [4.78, 5) is 41.7. The Bertz CT molecular complexity index is 1380. The minimum absolute atomic E-state index is 0.0498. The van der Waals surface area contributed by atoms with Crippen LogP contribution >= 0.6 is 0 Å². The van der Waals surface area contributed by atoms with Crippen LogP contribution in [-0.2, 0) is 23.9 Å². The van der Waals surface area contributed by atoms with Crippen LogP contribution in [0.25, 0.3) is 0 Å². The van der Waals surface area contributed by atoms with E-state index in [0.29, 0.717) is 48.6 Å². The summed E-state index contributed by atoms with van der Waals surface area (Å²) in [5.74, 6) is 1.52. The molecule has 1 heterocycles. The molecule has 2 unspecified atom stereocenters. The highest BCUT2D eigenvalue weighted by Crippen LogP contribution is 2.77. The highest BCUT2D eigenvalue weighted by molar-refractivity contribution is 5.84. The van der Waals surface area contributed by atoms with Crippen molar-refractivity contribution in [2.24, 2.45) is 62.1 Å². The lowest BCUT2D eigenvalue weighted by molar-refractivity contribution is -0.250. The molecule has 0 radical (unpaired) electrons. The lowest BCUT2D eigenvalue weighted by Gasteiger charge is -2.73. The number of esters is 1. The fourth-order valence-corrected chi connectivity index (χ4v) is 14.4. The van der Waals surface area contributed by atoms with Crippen LogP contribution in [0.3, 0.4) is 0 Å². The monoisotopic (exact) mass is 696 g/mol. The molecule has 6 rings (SSSR count). The minimum Gasteiger partial charge on any atom is -0.481 e. The van der Waals surface area contributed by atoms with Crippen molar-refractivity contribution in [3.05, 3.63) is 12.2 Å². The standard InChI is InChI=1S/C43H69NO6/c1-26(2)29-14-19-43(37(48)44-24-27(3)49-28(4)25-44)21-20-41(10)30(36(29)43)12-13-32-40(9)17-16-33(39(7,8)31(40)15-18-42(32,41)11)50-35(47)23-38(5,6)22-34(45)46/h27-33,36H,1,12-25H2,2-11H3,(H,45,46)/t27?,28?,29-,30+,31-,32+,33-,36+,40-,41+,42+,43-/m0/s1. The van der Waals surface area contributed by atoms with Crippen molar-refractivity contribution in [2.75, 3.05) is 13.1 Å². The molecule has 1 amide bonds. The van der Waals surface area contributed by atoms with Gasteiger partial charge in [-0.2, -0.15) is 0 Å². The van der Waals surface area contributed by atoms with Crippen molar-refractivity contribution in [3.63, 3.8) is 0 Å². The fourth-order valence-electron chi connectivity index (χ4n) is 14.4. The van der Waals surface area contributed by atoms with Crippen LogP contribution in [0.2, 0.25) is 0 Å². The van der Waals surface area contributed by atoms with Crippen LogP contribution < -0.4 is 0 Å². The molecule has 6 fully saturated rings. The molecule has 0 aromatic rings. The second kappa shape index (κ2) is 12.6. The first-order valence-corrected chi connectivity index (χ1v) is 20.1. The summed E-state index contributed by atoms with van der Waals surface area (Å²) in [7, 11) is 0. The topological polar surface area (TPSA) is 93.1 Å². The summed E-state index contributed by atoms with van der Waals surface area (Å²) >= 11 is 0. The number of carboxylic acids is 1. The lowest BCUT2D eigenvalue weighted by atomic mass is 9.32. The van der Waals surface area contributed by atoms with E-state index in [0.717, 1.165) is 44.9 Å². The van der Waals surface area contributed by atoms with E-state index in [2.05, 4.69) is 66.9 Å². The quantitative estimate of drug-likeness (QED) is 0.211. The molecule has 0 bridgehead atoms. The third-order valence-corrected chi connectivity index (χ3v) is 16.7. The number of hydrogen-bond donors (Lipinski definition) is 1. The number of fused-ring (bicyclic) bond motifs is 7. The Morgan fingerprint density at radius 3 is 2.12 bits per heavy atom. The number of ether oxygens (including phenoxy) is 2. The smallest absolute Gasteiger partial charge is 0.306 e. The third kappa shape index (κ3) is 5.81. The maximum absolute atomic E-state index is 14.9. The molecular weight excluding hydrogens is 626 g/mol. The molecule has 5 saturated carbocycles. The van der Waals surface area contributed by atoms with E-state index in [-0.39, 0.29) is 64.2 Å². The molecule has 1 N–H and O–H groups in total. The maximum Gasteiger partial charge on any atom is 0.306 e. The molecular formula is C43H69NO6. The van der Waals surface area contributed by atoms with Crippen molar-refractivity contribution in [1.29, 1.82) is 0 Å². The van der Waals surface area contributed by atoms with Gasteiger partial charge in [0, 0.05) is 18.5 Å². The maximum atomic E-state index is 14.9. The van der Waals surface area contributed by atoms with Crippen molar-refractivity contribution < 1.29 is 29.0 Å². The number of morpholine rings is 1. The summed E-state index contributed by atoms with van der Waals surface area (Å²) in [6.07, 6.45) is 10.8. The van der Waals surface area contributed by atoms with Crippen molar-refractivity contribution in [2.45, 2.75) is 165 Å². The van der Waals surface area contributed by atoms with Crippen molar-refractivity contribution in [3.8, 4) is 0 Å². The van der Waals surface area contributed by atoms with Gasteiger partial charge in [-0.3, -0.25) is 14.4 Å². The van der Waals surface area contributed by atoms with E-state index in [9.17, 15) is 19.5 Å². The van der Waals surface area contributed by atoms with Gasteiger partial charge >= 0.3 is 11.9 Å². The van der Waals surface area contributed by atoms with Crippen molar-refractivity contribution >= 4 is 17.8 Å². The Morgan fingerprint density at radius 1 is 0.840 bits per heavy atom. The highest BCUT2D eigenvalue weighted by Gasteiger charge is 2.72. The van der Waals surface area contributed by atoms with Gasteiger partial charge in [0.15, 0.2) is 0 Å². The predicted octanol–water partition coefficient (Wildman–Crippen LogP) is 9.08. The zero-order chi connectivity index (χ0) is 36.8. The summed E-state index contributed by atoms with van der Waals surface area (Å²) < 4.78 is 12.3. The molecule has 0 aromatic heterocycles. The average molecular weight is 696 g/mol. The van der Waals surface area contributed by atoms with E-state index < -0.39 is 11.4 Å². The Hall–Kier alpha value is -1.89. The van der Waals surface area contributed by atoms with E-state index in [1.165, 1.54) is 24.8 Å². The number of carboxylic acid groups (broad SMARTS) is 1. The fraction of sp³-hybridized carbons (Fsp3) is 0.884. The number of nitrogens with zero attached hydrogens (tertiary/aromatic N) is 1. The van der Waals surface area contributed by atoms with E-state index in [4.69, 9.17) is 9.47 Å². The number of carbonyl (C=O) groups is 3. The summed E-state index contributed by atoms with van der Waals surface area (Å²) in [5, 5.41) is 9.34. The molecule has 7 heteroatoms. The van der Waals surface area contributed by atoms with Gasteiger partial charge in [0.2, 0.25) is 5.91 Å². The number of amides is 1. The van der Waals surface area contributed by atoms with Gasteiger partial charge in [-0.15, -0.1) is 0 Å².